The van der Waals surface area contributed by atoms with Crippen molar-refractivity contribution < 1.29 is 39.9 Å². The molecule has 1 heterocycles. The maximum absolute atomic E-state index is 13.3. The standard InChI is InChI=1S/C22H28F3N3O6S2/c1-28(11-9-15-3-5-16(6-4-15)26-35(2,30)31)13-17(29)14-34-20-8-7-19(22(23,24)25)21-18(20)10-12-36(32,33)27-21/h3-8,17,26-27,29H,9-14H2,1-2H3. The van der Waals surface area contributed by atoms with E-state index in [1.807, 2.05) is 9.62 Å². The summed E-state index contributed by atoms with van der Waals surface area (Å²) in [6.45, 7) is 0.608. The normalized spacial score (nSPS) is 16.2. The molecule has 0 aliphatic carbocycles. The molecule has 0 spiro atoms. The average molecular weight is 552 g/mol. The molecule has 0 aromatic heterocycles. The van der Waals surface area contributed by atoms with Crippen LogP contribution in [0.25, 0.3) is 0 Å². The molecule has 0 saturated carbocycles. The predicted molar refractivity (Wildman–Crippen MR) is 130 cm³/mol. The Bertz CT molecular complexity index is 1280. The van der Waals surface area contributed by atoms with Crippen molar-refractivity contribution in [3.05, 3.63) is 53.1 Å². The summed E-state index contributed by atoms with van der Waals surface area (Å²) >= 11 is 0. The van der Waals surface area contributed by atoms with Crippen LogP contribution in [0.1, 0.15) is 16.7 Å². The molecule has 9 nitrogen and oxygen atoms in total. The molecule has 1 atom stereocenters. The fraction of sp³-hybridized carbons (Fsp3) is 0.455. The number of fused-ring (bicyclic) bond motifs is 1. The number of sulfonamides is 2. The number of rotatable bonds is 10. The highest BCUT2D eigenvalue weighted by Crippen LogP contribution is 2.42. The molecule has 2 aromatic rings. The highest BCUT2D eigenvalue weighted by molar-refractivity contribution is 7.92. The van der Waals surface area contributed by atoms with Crippen LogP contribution in [0.4, 0.5) is 24.5 Å². The molecule has 3 N–H and O–H groups in total. The van der Waals surface area contributed by atoms with E-state index in [0.717, 1.165) is 24.0 Å². The van der Waals surface area contributed by atoms with Gasteiger partial charge in [0, 0.05) is 24.3 Å². The number of aliphatic hydroxyl groups is 1. The SMILES string of the molecule is CN(CCc1ccc(NS(C)(=O)=O)cc1)CC(O)COc1ccc(C(F)(F)F)c2c1CCS(=O)(=O)N2. The Morgan fingerprint density at radius 3 is 2.47 bits per heavy atom. The molecular weight excluding hydrogens is 523 g/mol. The zero-order valence-corrected chi connectivity index (χ0v) is 21.3. The highest BCUT2D eigenvalue weighted by Gasteiger charge is 2.38. The van der Waals surface area contributed by atoms with Gasteiger partial charge in [-0.3, -0.25) is 9.44 Å². The molecule has 0 bridgehead atoms. The molecule has 0 saturated heterocycles. The maximum atomic E-state index is 13.3. The first kappa shape index (κ1) is 28.0. The Kier molecular flexibility index (Phi) is 8.43. The van der Waals surface area contributed by atoms with E-state index >= 15 is 0 Å². The number of nitrogens with zero attached hydrogens (tertiary/aromatic N) is 1. The molecule has 36 heavy (non-hydrogen) atoms. The topological polar surface area (TPSA) is 125 Å². The summed E-state index contributed by atoms with van der Waals surface area (Å²) in [6, 6.07) is 8.80. The van der Waals surface area contributed by atoms with Crippen LogP contribution in [0.2, 0.25) is 0 Å². The zero-order chi connectivity index (χ0) is 26.7. The van der Waals surface area contributed by atoms with Crippen molar-refractivity contribution in [2.75, 3.05) is 48.2 Å². The van der Waals surface area contributed by atoms with Crippen LogP contribution >= 0.6 is 0 Å². The van der Waals surface area contributed by atoms with Crippen molar-refractivity contribution >= 4 is 31.4 Å². The van der Waals surface area contributed by atoms with Gasteiger partial charge in [-0.05, 0) is 49.7 Å². The smallest absolute Gasteiger partial charge is 0.418 e. The highest BCUT2D eigenvalue weighted by atomic mass is 32.2. The second-order valence-electron chi connectivity index (χ2n) is 8.68. The van der Waals surface area contributed by atoms with Gasteiger partial charge >= 0.3 is 6.18 Å². The Hall–Kier alpha value is -2.55. The minimum Gasteiger partial charge on any atom is -0.490 e. The minimum absolute atomic E-state index is 0.0879. The van der Waals surface area contributed by atoms with E-state index < -0.39 is 43.6 Å². The summed E-state index contributed by atoms with van der Waals surface area (Å²) < 4.78 is 96.2. The monoisotopic (exact) mass is 551 g/mol. The van der Waals surface area contributed by atoms with E-state index in [4.69, 9.17) is 4.74 Å². The zero-order valence-electron chi connectivity index (χ0n) is 19.7. The van der Waals surface area contributed by atoms with Crippen LogP contribution < -0.4 is 14.2 Å². The third-order valence-corrected chi connectivity index (χ3v) is 7.31. The lowest BCUT2D eigenvalue weighted by Crippen LogP contribution is -2.34. The summed E-state index contributed by atoms with van der Waals surface area (Å²) in [5.41, 5.74) is -0.0935. The molecular formula is C22H28F3N3O6S2. The van der Waals surface area contributed by atoms with Crippen molar-refractivity contribution in [3.63, 3.8) is 0 Å². The first-order chi connectivity index (χ1) is 16.6. The van der Waals surface area contributed by atoms with Gasteiger partial charge in [-0.1, -0.05) is 12.1 Å². The van der Waals surface area contributed by atoms with Crippen LogP contribution in [-0.2, 0) is 39.1 Å². The Morgan fingerprint density at radius 1 is 1.19 bits per heavy atom. The molecule has 0 radical (unpaired) electrons. The number of alkyl halides is 3. The molecule has 0 fully saturated rings. The van der Waals surface area contributed by atoms with Gasteiger partial charge < -0.3 is 14.7 Å². The molecule has 14 heteroatoms. The van der Waals surface area contributed by atoms with Gasteiger partial charge in [0.25, 0.3) is 0 Å². The lowest BCUT2D eigenvalue weighted by Gasteiger charge is -2.26. The Morgan fingerprint density at radius 2 is 1.86 bits per heavy atom. The maximum Gasteiger partial charge on any atom is 0.418 e. The largest absolute Gasteiger partial charge is 0.490 e. The summed E-state index contributed by atoms with van der Waals surface area (Å²) in [5, 5.41) is 10.4. The molecule has 1 aliphatic rings. The van der Waals surface area contributed by atoms with Crippen molar-refractivity contribution in [1.82, 2.24) is 4.90 Å². The quantitative estimate of drug-likeness (QED) is 0.414. The third-order valence-electron chi connectivity index (χ3n) is 5.45. The molecule has 1 aliphatic heterocycles. The minimum atomic E-state index is -4.74. The summed E-state index contributed by atoms with van der Waals surface area (Å²) in [6.07, 6.45) is -4.13. The van der Waals surface area contributed by atoms with E-state index in [2.05, 4.69) is 4.72 Å². The van der Waals surface area contributed by atoms with Crippen LogP contribution in [0.15, 0.2) is 36.4 Å². The fourth-order valence-corrected chi connectivity index (χ4v) is 5.45. The number of anilines is 2. The number of hydrogen-bond donors (Lipinski definition) is 3. The number of likely N-dealkylation sites (N-methyl/N-ethyl adjacent to an activating group) is 1. The van der Waals surface area contributed by atoms with Crippen LogP contribution in [-0.4, -0.2) is 71.7 Å². The number of ether oxygens (including phenoxy) is 1. The van der Waals surface area contributed by atoms with E-state index in [0.29, 0.717) is 18.7 Å². The van der Waals surface area contributed by atoms with Crippen molar-refractivity contribution in [1.29, 1.82) is 0 Å². The number of halogens is 3. The second-order valence-corrected chi connectivity index (χ2v) is 12.3. The van der Waals surface area contributed by atoms with Gasteiger partial charge in [0.2, 0.25) is 20.0 Å². The van der Waals surface area contributed by atoms with Gasteiger partial charge in [0.1, 0.15) is 18.5 Å². The number of aliphatic hydroxyl groups excluding tert-OH is 1. The van der Waals surface area contributed by atoms with Crippen molar-refractivity contribution in [2.24, 2.45) is 0 Å². The average Bonchev–Trinajstić information content (AvgIpc) is 2.74. The third kappa shape index (κ3) is 7.98. The molecule has 0 amide bonds. The molecule has 1 unspecified atom stereocenters. The van der Waals surface area contributed by atoms with Crippen molar-refractivity contribution in [3.8, 4) is 5.75 Å². The Balaban J connectivity index is 1.55. The van der Waals surface area contributed by atoms with Gasteiger partial charge in [-0.15, -0.1) is 0 Å². The van der Waals surface area contributed by atoms with Gasteiger partial charge in [0.15, 0.2) is 0 Å². The second kappa shape index (κ2) is 10.8. The van der Waals surface area contributed by atoms with Gasteiger partial charge in [-0.25, -0.2) is 16.8 Å². The fourth-order valence-electron chi connectivity index (χ4n) is 3.77. The first-order valence-corrected chi connectivity index (χ1v) is 14.5. The molecule has 200 valence electrons. The van der Waals surface area contributed by atoms with Crippen LogP contribution in [0.5, 0.6) is 5.75 Å². The van der Waals surface area contributed by atoms with Crippen molar-refractivity contribution in [2.45, 2.75) is 25.1 Å². The van der Waals surface area contributed by atoms with Gasteiger partial charge in [0.05, 0.1) is 23.3 Å². The van der Waals surface area contributed by atoms with Crippen LogP contribution in [0.3, 0.4) is 0 Å². The van der Waals surface area contributed by atoms with E-state index in [1.54, 1.807) is 31.3 Å². The summed E-state index contributed by atoms with van der Waals surface area (Å²) in [5.74, 6) is -0.279. The predicted octanol–water partition coefficient (Wildman–Crippen LogP) is 2.29. The number of hydrogen-bond acceptors (Lipinski definition) is 7. The Labute approximate surface area is 208 Å². The summed E-state index contributed by atoms with van der Waals surface area (Å²) in [4.78, 5) is 1.85. The lowest BCUT2D eigenvalue weighted by molar-refractivity contribution is -0.137. The van der Waals surface area contributed by atoms with Crippen LogP contribution in [0, 0.1) is 0 Å². The number of nitrogens with one attached hydrogen (secondary N) is 2. The van der Waals surface area contributed by atoms with E-state index in [1.165, 1.54) is 0 Å². The van der Waals surface area contributed by atoms with E-state index in [9.17, 15) is 35.1 Å². The first-order valence-electron chi connectivity index (χ1n) is 10.9. The molecule has 2 aromatic carbocycles. The van der Waals surface area contributed by atoms with Gasteiger partial charge in [-0.2, -0.15) is 13.2 Å². The summed E-state index contributed by atoms with van der Waals surface area (Å²) in [7, 11) is -5.44. The lowest BCUT2D eigenvalue weighted by atomic mass is 10.0. The van der Waals surface area contributed by atoms with E-state index in [-0.39, 0.29) is 36.6 Å². The number of benzene rings is 2. The molecule has 3 rings (SSSR count).